The van der Waals surface area contributed by atoms with Crippen LogP contribution >= 0.6 is 0 Å². The number of aromatic nitrogens is 2. The van der Waals surface area contributed by atoms with Gasteiger partial charge in [0, 0.05) is 24.3 Å². The van der Waals surface area contributed by atoms with Crippen LogP contribution in [0.25, 0.3) is 0 Å². The lowest BCUT2D eigenvalue weighted by Crippen LogP contribution is -2.50. The van der Waals surface area contributed by atoms with E-state index in [1.54, 1.807) is 0 Å². The van der Waals surface area contributed by atoms with Crippen molar-refractivity contribution in [2.24, 2.45) is 0 Å². The van der Waals surface area contributed by atoms with Crippen molar-refractivity contribution in [3.63, 3.8) is 0 Å². The van der Waals surface area contributed by atoms with Crippen LogP contribution < -0.4 is 9.13 Å². The molecule has 2 heterocycles. The van der Waals surface area contributed by atoms with Crippen LogP contribution in [0.5, 0.6) is 0 Å². The van der Waals surface area contributed by atoms with Gasteiger partial charge in [-0.1, -0.05) is 12.1 Å². The van der Waals surface area contributed by atoms with Crippen molar-refractivity contribution in [1.82, 2.24) is 0 Å². The highest BCUT2D eigenvalue weighted by atomic mass is 15.1. The Bertz CT molecular complexity index is 319. The fourth-order valence-electron chi connectivity index (χ4n) is 1.25. The maximum Gasteiger partial charge on any atom is 0.343 e. The first-order valence-electron chi connectivity index (χ1n) is 4.33. The minimum atomic E-state index is 0.863. The molecule has 2 heteroatoms. The number of hydrogen-bond donors (Lipinski definition) is 0. The fraction of sp³-hybridized carbons (Fsp3) is 0.0909. The average molecular weight is 172 g/mol. The van der Waals surface area contributed by atoms with Gasteiger partial charge in [-0.15, -0.1) is 9.13 Å². The minimum absolute atomic E-state index is 0.863. The van der Waals surface area contributed by atoms with Crippen LogP contribution in [0, 0.1) is 0 Å². The van der Waals surface area contributed by atoms with E-state index in [0.717, 1.165) is 6.67 Å². The van der Waals surface area contributed by atoms with Gasteiger partial charge in [0.15, 0.2) is 24.8 Å². The number of pyridine rings is 2. The summed E-state index contributed by atoms with van der Waals surface area (Å²) in [6.45, 7) is 0.863. The summed E-state index contributed by atoms with van der Waals surface area (Å²) in [5.41, 5.74) is 0. The fourth-order valence-corrected chi connectivity index (χ4v) is 1.25. The van der Waals surface area contributed by atoms with Gasteiger partial charge in [0.25, 0.3) is 0 Å². The van der Waals surface area contributed by atoms with Gasteiger partial charge < -0.3 is 0 Å². The van der Waals surface area contributed by atoms with E-state index in [4.69, 9.17) is 0 Å². The predicted octanol–water partition coefficient (Wildman–Crippen LogP) is 0.767. The molecule has 0 aliphatic heterocycles. The Hall–Kier alpha value is -1.70. The molecule has 64 valence electrons. The van der Waals surface area contributed by atoms with Crippen LogP contribution in [0.15, 0.2) is 61.2 Å². The number of rotatable bonds is 2. The van der Waals surface area contributed by atoms with Gasteiger partial charge in [0.1, 0.15) is 0 Å². The van der Waals surface area contributed by atoms with E-state index in [-0.39, 0.29) is 0 Å². The highest BCUT2D eigenvalue weighted by molar-refractivity contribution is 4.84. The average Bonchev–Trinajstić information content (AvgIpc) is 2.21. The molecule has 2 rings (SSSR count). The van der Waals surface area contributed by atoms with Crippen LogP contribution in [-0.4, -0.2) is 0 Å². The molecule has 2 aromatic heterocycles. The summed E-state index contributed by atoms with van der Waals surface area (Å²) in [6, 6.07) is 12.2. The highest BCUT2D eigenvalue weighted by Gasteiger charge is 2.03. The van der Waals surface area contributed by atoms with Crippen LogP contribution in [0.1, 0.15) is 0 Å². The van der Waals surface area contributed by atoms with E-state index in [1.165, 1.54) is 0 Å². The molecule has 2 nitrogen and oxygen atoms in total. The lowest BCUT2D eigenvalue weighted by molar-refractivity contribution is -0.913. The lowest BCUT2D eigenvalue weighted by Gasteiger charge is -1.91. The first-order chi connectivity index (χ1) is 6.45. The second-order valence-electron chi connectivity index (χ2n) is 2.92. The third-order valence-corrected chi connectivity index (χ3v) is 1.88. The normalized spacial score (nSPS) is 9.85. The Morgan fingerprint density at radius 1 is 0.538 bits per heavy atom. The molecule has 0 unspecified atom stereocenters. The zero-order valence-electron chi connectivity index (χ0n) is 7.38. The Kier molecular flexibility index (Phi) is 2.32. The smallest absolute Gasteiger partial charge is 0.147 e. The monoisotopic (exact) mass is 172 g/mol. The van der Waals surface area contributed by atoms with Gasteiger partial charge in [-0.2, -0.15) is 0 Å². The largest absolute Gasteiger partial charge is 0.343 e. The van der Waals surface area contributed by atoms with E-state index in [0.29, 0.717) is 0 Å². The Morgan fingerprint density at radius 2 is 0.923 bits per heavy atom. The molecule has 0 atom stereocenters. The quantitative estimate of drug-likeness (QED) is 0.591. The zero-order chi connectivity index (χ0) is 8.93. The van der Waals surface area contributed by atoms with Crippen molar-refractivity contribution >= 4 is 0 Å². The second kappa shape index (κ2) is 3.81. The van der Waals surface area contributed by atoms with Crippen molar-refractivity contribution in [3.8, 4) is 0 Å². The molecule has 0 fully saturated rings. The maximum atomic E-state index is 2.12. The van der Waals surface area contributed by atoms with Crippen LogP contribution in [0.3, 0.4) is 0 Å². The van der Waals surface area contributed by atoms with Crippen LogP contribution in [-0.2, 0) is 6.67 Å². The molecule has 0 bridgehead atoms. The van der Waals surface area contributed by atoms with Gasteiger partial charge in [0.05, 0.1) is 0 Å². The van der Waals surface area contributed by atoms with Gasteiger partial charge >= 0.3 is 6.67 Å². The van der Waals surface area contributed by atoms with E-state index in [1.807, 2.05) is 36.4 Å². The van der Waals surface area contributed by atoms with Crippen molar-refractivity contribution in [2.45, 2.75) is 6.67 Å². The van der Waals surface area contributed by atoms with Crippen LogP contribution in [0.2, 0.25) is 0 Å². The molecule has 0 saturated heterocycles. The predicted molar refractivity (Wildman–Crippen MR) is 48.7 cm³/mol. The van der Waals surface area contributed by atoms with Crippen molar-refractivity contribution in [1.29, 1.82) is 0 Å². The molecular formula is C11H12N2+2. The molecule has 0 aliphatic rings. The highest BCUT2D eigenvalue weighted by Crippen LogP contribution is 1.77. The summed E-state index contributed by atoms with van der Waals surface area (Å²) < 4.78 is 4.25. The minimum Gasteiger partial charge on any atom is -0.147 e. The van der Waals surface area contributed by atoms with Crippen molar-refractivity contribution in [2.75, 3.05) is 0 Å². The third-order valence-electron chi connectivity index (χ3n) is 1.88. The summed E-state index contributed by atoms with van der Waals surface area (Å²) in [5, 5.41) is 0. The topological polar surface area (TPSA) is 7.76 Å². The van der Waals surface area contributed by atoms with Crippen molar-refractivity contribution in [3.05, 3.63) is 61.2 Å². The van der Waals surface area contributed by atoms with Gasteiger partial charge in [0.2, 0.25) is 0 Å². The summed E-state index contributed by atoms with van der Waals surface area (Å²) in [5.74, 6) is 0. The van der Waals surface area contributed by atoms with Crippen molar-refractivity contribution < 1.29 is 9.13 Å². The first kappa shape index (κ1) is 7.92. The van der Waals surface area contributed by atoms with Gasteiger partial charge in [-0.25, -0.2) is 0 Å². The molecule has 0 aliphatic carbocycles. The van der Waals surface area contributed by atoms with Gasteiger partial charge in [-0.3, -0.25) is 0 Å². The standard InChI is InChI=1S/C11H12N2/c1-3-7-12(8-4-1)11-13-9-5-2-6-10-13/h1-10H,11H2/q+2. The first-order valence-corrected chi connectivity index (χ1v) is 4.33. The molecule has 0 amide bonds. The molecule has 0 aromatic carbocycles. The van der Waals surface area contributed by atoms with Crippen LogP contribution in [0.4, 0.5) is 0 Å². The Labute approximate surface area is 77.7 Å². The molecule has 0 spiro atoms. The van der Waals surface area contributed by atoms with Gasteiger partial charge in [-0.05, 0) is 0 Å². The Morgan fingerprint density at radius 3 is 1.31 bits per heavy atom. The molecule has 0 radical (unpaired) electrons. The molecule has 2 aromatic rings. The van der Waals surface area contributed by atoms with E-state index < -0.39 is 0 Å². The lowest BCUT2D eigenvalue weighted by atomic mass is 10.5. The van der Waals surface area contributed by atoms with E-state index >= 15 is 0 Å². The maximum absolute atomic E-state index is 2.12. The molecular weight excluding hydrogens is 160 g/mol. The number of hydrogen-bond acceptors (Lipinski definition) is 0. The second-order valence-corrected chi connectivity index (χ2v) is 2.92. The summed E-state index contributed by atoms with van der Waals surface area (Å²) in [6.07, 6.45) is 8.22. The summed E-state index contributed by atoms with van der Waals surface area (Å²) in [7, 11) is 0. The third kappa shape index (κ3) is 2.12. The zero-order valence-corrected chi connectivity index (χ0v) is 7.38. The molecule has 13 heavy (non-hydrogen) atoms. The molecule has 0 saturated carbocycles. The van der Waals surface area contributed by atoms with E-state index in [9.17, 15) is 0 Å². The Balaban J connectivity index is 2.16. The summed E-state index contributed by atoms with van der Waals surface area (Å²) >= 11 is 0. The molecule has 0 N–H and O–H groups in total. The number of nitrogens with zero attached hydrogens (tertiary/aromatic N) is 2. The van der Waals surface area contributed by atoms with E-state index in [2.05, 4.69) is 33.9 Å². The SMILES string of the molecule is c1cc[n+](C[n+]2ccccc2)cc1. The summed E-state index contributed by atoms with van der Waals surface area (Å²) in [4.78, 5) is 0.